The van der Waals surface area contributed by atoms with Crippen molar-refractivity contribution >= 4 is 44.8 Å². The van der Waals surface area contributed by atoms with E-state index in [9.17, 15) is 9.59 Å². The van der Waals surface area contributed by atoms with Gasteiger partial charge in [-0.1, -0.05) is 22.9 Å². The maximum atomic E-state index is 11.0. The molecule has 7 heteroatoms. The number of hydrogen-bond acceptors (Lipinski definition) is 4. The number of halogens is 1. The molecule has 0 fully saturated rings. The Kier molecular flexibility index (Phi) is 2.17. The number of aromatic nitrogens is 1. The van der Waals surface area contributed by atoms with Gasteiger partial charge in [-0.3, -0.25) is 4.79 Å². The smallest absolute Gasteiger partial charge is 0.337 e. The number of anilines is 1. The number of rotatable bonds is 1. The van der Waals surface area contributed by atoms with Crippen LogP contribution in [0.15, 0.2) is 10.9 Å². The van der Waals surface area contributed by atoms with Gasteiger partial charge >= 0.3 is 10.8 Å². The molecule has 1 aromatic heterocycles. The van der Waals surface area contributed by atoms with E-state index in [1.54, 1.807) is 0 Å². The van der Waals surface area contributed by atoms with Gasteiger partial charge in [-0.05, 0) is 6.07 Å². The fourth-order valence-corrected chi connectivity index (χ4v) is 2.33. The second-order valence-corrected chi connectivity index (χ2v) is 4.21. The first-order chi connectivity index (χ1) is 7.00. The van der Waals surface area contributed by atoms with Gasteiger partial charge in [0.2, 0.25) is 0 Å². The molecule has 0 spiro atoms. The van der Waals surface area contributed by atoms with Crippen molar-refractivity contribution in [3.8, 4) is 0 Å². The summed E-state index contributed by atoms with van der Waals surface area (Å²) in [6.45, 7) is 0. The molecule has 0 saturated heterocycles. The van der Waals surface area contributed by atoms with Gasteiger partial charge in [0.25, 0.3) is 0 Å². The van der Waals surface area contributed by atoms with E-state index in [0.717, 1.165) is 11.3 Å². The van der Waals surface area contributed by atoms with E-state index < -0.39 is 5.97 Å². The number of carboxylic acids is 1. The number of aromatic amines is 1. The normalized spacial score (nSPS) is 10.7. The lowest BCUT2D eigenvalue weighted by atomic mass is 10.1. The van der Waals surface area contributed by atoms with Crippen LogP contribution < -0.4 is 10.6 Å². The van der Waals surface area contributed by atoms with Gasteiger partial charge in [0.1, 0.15) is 0 Å². The predicted octanol–water partition coefficient (Wildman–Crippen LogP) is 1.52. The molecule has 5 nitrogen and oxygen atoms in total. The number of benzene rings is 1. The summed E-state index contributed by atoms with van der Waals surface area (Å²) in [5, 5.41) is 8.93. The second-order valence-electron chi connectivity index (χ2n) is 2.85. The SMILES string of the molecule is Nc1c(C(=O)O)cc2[nH]c(=O)sc2c1Cl. The third-order valence-corrected chi connectivity index (χ3v) is 3.34. The first-order valence-corrected chi connectivity index (χ1v) is 5.04. The number of H-pyrrole nitrogens is 1. The molecule has 0 aliphatic carbocycles. The van der Waals surface area contributed by atoms with Crippen molar-refractivity contribution in [3.05, 3.63) is 26.3 Å². The van der Waals surface area contributed by atoms with Crippen molar-refractivity contribution in [1.82, 2.24) is 4.98 Å². The van der Waals surface area contributed by atoms with Crippen LogP contribution in [0.1, 0.15) is 10.4 Å². The molecule has 2 rings (SSSR count). The molecular formula is C8H5ClN2O3S. The number of aromatic carboxylic acids is 1. The first-order valence-electron chi connectivity index (χ1n) is 3.85. The van der Waals surface area contributed by atoms with E-state index in [-0.39, 0.29) is 21.1 Å². The molecule has 1 aromatic carbocycles. The molecule has 0 aliphatic heterocycles. The Hall–Kier alpha value is -1.53. The van der Waals surface area contributed by atoms with Gasteiger partial charge in [-0.25, -0.2) is 4.79 Å². The summed E-state index contributed by atoms with van der Waals surface area (Å²) in [5.41, 5.74) is 5.80. The van der Waals surface area contributed by atoms with E-state index in [0.29, 0.717) is 10.2 Å². The number of nitrogens with two attached hydrogens (primary N) is 1. The Morgan fingerprint density at radius 1 is 1.60 bits per heavy atom. The van der Waals surface area contributed by atoms with Crippen LogP contribution in [-0.2, 0) is 0 Å². The topological polar surface area (TPSA) is 96.2 Å². The largest absolute Gasteiger partial charge is 0.478 e. The maximum Gasteiger partial charge on any atom is 0.337 e. The standard InChI is InChI=1S/C8H5ClN2O3S/c9-4-5(10)2(7(12)13)1-3-6(4)15-8(14)11-3/h1H,10H2,(H,11,14)(H,12,13). The summed E-state index contributed by atoms with van der Waals surface area (Å²) >= 11 is 6.75. The minimum atomic E-state index is -1.18. The number of hydrogen-bond donors (Lipinski definition) is 3. The Morgan fingerprint density at radius 2 is 2.27 bits per heavy atom. The molecule has 0 bridgehead atoms. The minimum Gasteiger partial charge on any atom is -0.478 e. The van der Waals surface area contributed by atoms with Gasteiger partial charge in [0, 0.05) is 0 Å². The molecule has 0 atom stereocenters. The van der Waals surface area contributed by atoms with Crippen LogP contribution in [0.2, 0.25) is 5.02 Å². The summed E-state index contributed by atoms with van der Waals surface area (Å²) in [6.07, 6.45) is 0. The molecule has 0 unspecified atom stereocenters. The van der Waals surface area contributed by atoms with E-state index in [1.807, 2.05) is 0 Å². The Morgan fingerprint density at radius 3 is 2.87 bits per heavy atom. The third-order valence-electron chi connectivity index (χ3n) is 1.92. The lowest BCUT2D eigenvalue weighted by Gasteiger charge is -2.03. The number of nitrogen functional groups attached to an aromatic ring is 1. The van der Waals surface area contributed by atoms with Crippen LogP contribution >= 0.6 is 22.9 Å². The molecule has 78 valence electrons. The number of carbonyl (C=O) groups is 1. The predicted molar refractivity (Wildman–Crippen MR) is 58.8 cm³/mol. The number of carboxylic acid groups (broad SMARTS) is 1. The molecule has 0 saturated carbocycles. The van der Waals surface area contributed by atoms with Crippen molar-refractivity contribution in [2.24, 2.45) is 0 Å². The zero-order valence-corrected chi connectivity index (χ0v) is 8.78. The van der Waals surface area contributed by atoms with Gasteiger partial charge < -0.3 is 15.8 Å². The van der Waals surface area contributed by atoms with Crippen molar-refractivity contribution in [2.75, 3.05) is 5.73 Å². The summed E-state index contributed by atoms with van der Waals surface area (Å²) in [6, 6.07) is 1.30. The Bertz CT molecular complexity index is 616. The monoisotopic (exact) mass is 244 g/mol. The van der Waals surface area contributed by atoms with E-state index in [4.69, 9.17) is 22.4 Å². The van der Waals surface area contributed by atoms with Gasteiger partial charge in [0.05, 0.1) is 26.5 Å². The molecule has 0 radical (unpaired) electrons. The average Bonchev–Trinajstić information content (AvgIpc) is 2.52. The van der Waals surface area contributed by atoms with Crippen LogP contribution in [-0.4, -0.2) is 16.1 Å². The number of nitrogens with one attached hydrogen (secondary N) is 1. The highest BCUT2D eigenvalue weighted by molar-refractivity contribution is 7.17. The highest BCUT2D eigenvalue weighted by atomic mass is 35.5. The molecule has 0 amide bonds. The average molecular weight is 245 g/mol. The molecule has 1 heterocycles. The highest BCUT2D eigenvalue weighted by Gasteiger charge is 2.16. The van der Waals surface area contributed by atoms with Crippen LogP contribution in [0.5, 0.6) is 0 Å². The van der Waals surface area contributed by atoms with Gasteiger partial charge in [0.15, 0.2) is 0 Å². The van der Waals surface area contributed by atoms with Crippen molar-refractivity contribution in [3.63, 3.8) is 0 Å². The summed E-state index contributed by atoms with van der Waals surface area (Å²) in [7, 11) is 0. The van der Waals surface area contributed by atoms with Crippen LogP contribution in [0.3, 0.4) is 0 Å². The summed E-state index contributed by atoms with van der Waals surface area (Å²) < 4.78 is 0.476. The molecule has 2 aromatic rings. The van der Waals surface area contributed by atoms with Gasteiger partial charge in [-0.2, -0.15) is 0 Å². The quantitative estimate of drug-likeness (QED) is 0.663. The highest BCUT2D eigenvalue weighted by Crippen LogP contribution is 2.33. The maximum absolute atomic E-state index is 11.0. The molecular weight excluding hydrogens is 240 g/mol. The Balaban J connectivity index is 2.93. The number of thiazole rings is 1. The fraction of sp³-hybridized carbons (Fsp3) is 0. The van der Waals surface area contributed by atoms with E-state index in [2.05, 4.69) is 4.98 Å². The molecule has 4 N–H and O–H groups in total. The zero-order valence-electron chi connectivity index (χ0n) is 7.20. The summed E-state index contributed by atoms with van der Waals surface area (Å²) in [5.74, 6) is -1.18. The number of fused-ring (bicyclic) bond motifs is 1. The summed E-state index contributed by atoms with van der Waals surface area (Å²) in [4.78, 5) is 24.0. The van der Waals surface area contributed by atoms with Gasteiger partial charge in [-0.15, -0.1) is 0 Å². The van der Waals surface area contributed by atoms with E-state index >= 15 is 0 Å². The lowest BCUT2D eigenvalue weighted by Crippen LogP contribution is -2.03. The molecule has 0 aliphatic rings. The van der Waals surface area contributed by atoms with E-state index in [1.165, 1.54) is 6.07 Å². The van der Waals surface area contributed by atoms with Crippen LogP contribution in [0, 0.1) is 0 Å². The first kappa shape index (κ1) is 10.0. The van der Waals surface area contributed by atoms with Crippen molar-refractivity contribution in [2.45, 2.75) is 0 Å². The minimum absolute atomic E-state index is 0.0214. The van der Waals surface area contributed by atoms with Crippen molar-refractivity contribution < 1.29 is 9.90 Å². The van der Waals surface area contributed by atoms with Crippen molar-refractivity contribution in [1.29, 1.82) is 0 Å². The second kappa shape index (κ2) is 3.25. The third kappa shape index (κ3) is 1.47. The lowest BCUT2D eigenvalue weighted by molar-refractivity contribution is 0.0698. The van der Waals surface area contributed by atoms with Crippen LogP contribution in [0.4, 0.5) is 5.69 Å². The molecule has 15 heavy (non-hydrogen) atoms. The van der Waals surface area contributed by atoms with Crippen LogP contribution in [0.25, 0.3) is 10.2 Å². The Labute approximate surface area is 92.1 Å². The zero-order chi connectivity index (χ0) is 11.2. The fourth-order valence-electron chi connectivity index (χ4n) is 1.24.